The van der Waals surface area contributed by atoms with E-state index in [-0.39, 0.29) is 28.8 Å². The lowest BCUT2D eigenvalue weighted by molar-refractivity contribution is -0.141. The van der Waals surface area contributed by atoms with Crippen molar-refractivity contribution >= 4 is 46.7 Å². The number of nitrogens with zero attached hydrogens (tertiary/aromatic N) is 2. The molecule has 0 aromatic heterocycles. The third-order valence-electron chi connectivity index (χ3n) is 8.78. The molecule has 4 atom stereocenters. The zero-order valence-electron chi connectivity index (χ0n) is 23.7. The predicted octanol–water partition coefficient (Wildman–Crippen LogP) is 6.40. The molecule has 2 fully saturated rings. The number of carboxylic acids is 1. The largest absolute Gasteiger partial charge is 0.478 e. The first-order chi connectivity index (χ1) is 19.9. The van der Waals surface area contributed by atoms with Gasteiger partial charge in [-0.15, -0.1) is 0 Å². The molecule has 0 radical (unpaired) electrons. The molecule has 3 heterocycles. The van der Waals surface area contributed by atoms with Crippen LogP contribution in [-0.2, 0) is 21.7 Å². The first-order valence-electron chi connectivity index (χ1n) is 14.1. The zero-order valence-corrected chi connectivity index (χ0v) is 25.2. The monoisotopic (exact) mass is 605 g/mol. The third-order valence-corrected chi connectivity index (χ3v) is 9.25. The standard InChI is InChI=1S/C33H33Cl2N3O4/c1-32(2,3)18-38-26-13-14-37(17-19-7-9-20(10-8-19)30(40)41)29(39)27(26)28(21-5-4-6-22(34)15-21)33(38)24-12-11-23(35)16-25(24)36-31(33)42/h4-12,15-16,26-28H,13-14,17-18H2,1-3H3,(H,36,42)(H,40,41)/t26-,27+,28-,33+/m0/s1. The second-order valence-corrected chi connectivity index (χ2v) is 13.6. The molecule has 2 saturated heterocycles. The number of aromatic carboxylic acids is 1. The summed E-state index contributed by atoms with van der Waals surface area (Å²) in [5.74, 6) is -2.19. The summed E-state index contributed by atoms with van der Waals surface area (Å²) in [5.41, 5.74) is 2.08. The number of hydrogen-bond donors (Lipinski definition) is 2. The van der Waals surface area contributed by atoms with Gasteiger partial charge in [-0.3, -0.25) is 14.5 Å². The SMILES string of the molecule is CC(C)(C)CN1[C@H]2CCN(Cc3ccc(C(=O)O)cc3)C(=O)[C@H]2[C@H](c2cccc(Cl)c2)[C@]12C(=O)Nc1cc(Cl)ccc12. The number of anilines is 1. The van der Waals surface area contributed by atoms with Crippen LogP contribution in [0.15, 0.2) is 66.7 Å². The third kappa shape index (κ3) is 4.68. The number of amides is 2. The van der Waals surface area contributed by atoms with Crippen molar-refractivity contribution in [1.29, 1.82) is 0 Å². The molecular formula is C33H33Cl2N3O4. The summed E-state index contributed by atoms with van der Waals surface area (Å²) in [4.78, 5) is 44.5. The lowest BCUT2D eigenvalue weighted by Crippen LogP contribution is -2.55. The molecule has 3 aliphatic heterocycles. The Morgan fingerprint density at radius 1 is 1.02 bits per heavy atom. The smallest absolute Gasteiger partial charge is 0.335 e. The minimum Gasteiger partial charge on any atom is -0.478 e. The Hall–Kier alpha value is -3.39. The van der Waals surface area contributed by atoms with Gasteiger partial charge in [0, 0.05) is 52.9 Å². The summed E-state index contributed by atoms with van der Waals surface area (Å²) in [6.07, 6.45) is 0.689. The van der Waals surface area contributed by atoms with Gasteiger partial charge in [0.25, 0.3) is 0 Å². The molecule has 42 heavy (non-hydrogen) atoms. The number of hydrogen-bond acceptors (Lipinski definition) is 4. The van der Waals surface area contributed by atoms with Crippen LogP contribution in [0.2, 0.25) is 10.0 Å². The molecule has 3 aliphatic rings. The van der Waals surface area contributed by atoms with Gasteiger partial charge in [0.05, 0.1) is 11.5 Å². The average Bonchev–Trinajstić information content (AvgIpc) is 3.36. The maximum absolute atomic E-state index is 14.6. The number of fused-ring (bicyclic) bond motifs is 3. The van der Waals surface area contributed by atoms with Crippen molar-refractivity contribution in [3.8, 4) is 0 Å². The van der Waals surface area contributed by atoms with Gasteiger partial charge in [-0.25, -0.2) is 4.79 Å². The molecule has 7 nitrogen and oxygen atoms in total. The van der Waals surface area contributed by atoms with Crippen LogP contribution in [0.4, 0.5) is 5.69 Å². The van der Waals surface area contributed by atoms with Gasteiger partial charge < -0.3 is 15.3 Å². The number of carboxylic acid groups (broad SMARTS) is 1. The van der Waals surface area contributed by atoms with Crippen molar-refractivity contribution in [3.63, 3.8) is 0 Å². The molecule has 2 amide bonds. The van der Waals surface area contributed by atoms with Crippen molar-refractivity contribution in [2.24, 2.45) is 11.3 Å². The summed E-state index contributed by atoms with van der Waals surface area (Å²) in [7, 11) is 0. The molecular weight excluding hydrogens is 573 g/mol. The Balaban J connectivity index is 1.50. The van der Waals surface area contributed by atoms with Gasteiger partial charge in [0.2, 0.25) is 11.8 Å². The molecule has 3 aromatic rings. The Morgan fingerprint density at radius 2 is 1.74 bits per heavy atom. The van der Waals surface area contributed by atoms with Crippen LogP contribution in [0.5, 0.6) is 0 Å². The van der Waals surface area contributed by atoms with E-state index in [2.05, 4.69) is 31.0 Å². The zero-order chi connectivity index (χ0) is 30.0. The summed E-state index contributed by atoms with van der Waals surface area (Å²) in [6, 6.07) is 19.5. The van der Waals surface area contributed by atoms with Crippen LogP contribution >= 0.6 is 23.2 Å². The highest BCUT2D eigenvalue weighted by atomic mass is 35.5. The van der Waals surface area contributed by atoms with Gasteiger partial charge in [0.15, 0.2) is 0 Å². The van der Waals surface area contributed by atoms with Crippen molar-refractivity contribution in [2.45, 2.75) is 51.2 Å². The molecule has 2 N–H and O–H groups in total. The second kappa shape index (κ2) is 10.4. The van der Waals surface area contributed by atoms with Crippen LogP contribution in [-0.4, -0.2) is 51.8 Å². The number of piperidine rings is 1. The molecule has 1 spiro atoms. The Bertz CT molecular complexity index is 1580. The summed E-state index contributed by atoms with van der Waals surface area (Å²) in [6.45, 7) is 7.93. The van der Waals surface area contributed by atoms with E-state index < -0.39 is 23.3 Å². The predicted molar refractivity (Wildman–Crippen MR) is 163 cm³/mol. The number of likely N-dealkylation sites (tertiary alicyclic amines) is 2. The molecule has 0 unspecified atom stereocenters. The lowest BCUT2D eigenvalue weighted by atomic mass is 9.70. The quantitative estimate of drug-likeness (QED) is 0.351. The molecule has 9 heteroatoms. The van der Waals surface area contributed by atoms with E-state index in [1.807, 2.05) is 35.2 Å². The Morgan fingerprint density at radius 3 is 2.40 bits per heavy atom. The minimum atomic E-state index is -1.14. The highest BCUT2D eigenvalue weighted by molar-refractivity contribution is 6.31. The number of nitrogens with one attached hydrogen (secondary N) is 1. The molecule has 3 aromatic carbocycles. The van der Waals surface area contributed by atoms with Crippen molar-refractivity contribution in [3.05, 3.63) is 99.0 Å². The normalized spacial score (nSPS) is 25.5. The number of carbonyl (C=O) groups is 3. The van der Waals surface area contributed by atoms with Crippen LogP contribution in [0.3, 0.4) is 0 Å². The summed E-state index contributed by atoms with van der Waals surface area (Å²) < 4.78 is 0. The van der Waals surface area contributed by atoms with Crippen molar-refractivity contribution < 1.29 is 19.5 Å². The van der Waals surface area contributed by atoms with Gasteiger partial charge in [-0.2, -0.15) is 0 Å². The number of halogens is 2. The van der Waals surface area contributed by atoms with E-state index in [0.29, 0.717) is 41.8 Å². The summed E-state index contributed by atoms with van der Waals surface area (Å²) in [5, 5.41) is 13.5. The topological polar surface area (TPSA) is 90.0 Å². The van der Waals surface area contributed by atoms with Crippen LogP contribution in [0.25, 0.3) is 0 Å². The van der Waals surface area contributed by atoms with E-state index in [1.165, 1.54) is 0 Å². The van der Waals surface area contributed by atoms with E-state index in [0.717, 1.165) is 16.7 Å². The molecule has 218 valence electrons. The van der Waals surface area contributed by atoms with E-state index in [9.17, 15) is 19.5 Å². The average molecular weight is 607 g/mol. The highest BCUT2D eigenvalue weighted by Crippen LogP contribution is 2.61. The summed E-state index contributed by atoms with van der Waals surface area (Å²) >= 11 is 12.9. The second-order valence-electron chi connectivity index (χ2n) is 12.8. The van der Waals surface area contributed by atoms with E-state index >= 15 is 0 Å². The maximum Gasteiger partial charge on any atom is 0.335 e. The molecule has 0 aliphatic carbocycles. The first-order valence-corrected chi connectivity index (χ1v) is 14.9. The van der Waals surface area contributed by atoms with Crippen molar-refractivity contribution in [1.82, 2.24) is 9.80 Å². The van der Waals surface area contributed by atoms with E-state index in [1.54, 1.807) is 36.4 Å². The highest BCUT2D eigenvalue weighted by Gasteiger charge is 2.69. The number of carbonyl (C=O) groups excluding carboxylic acids is 2. The van der Waals surface area contributed by atoms with Gasteiger partial charge >= 0.3 is 5.97 Å². The fraction of sp³-hybridized carbons (Fsp3) is 0.364. The van der Waals surface area contributed by atoms with E-state index in [4.69, 9.17) is 23.2 Å². The number of rotatable bonds is 5. The van der Waals surface area contributed by atoms with Gasteiger partial charge in [-0.1, -0.05) is 74.3 Å². The maximum atomic E-state index is 14.6. The van der Waals surface area contributed by atoms with Crippen LogP contribution in [0.1, 0.15) is 60.2 Å². The fourth-order valence-electron chi connectivity index (χ4n) is 7.29. The Kier molecular flexibility index (Phi) is 7.11. The van der Waals surface area contributed by atoms with Gasteiger partial charge in [0.1, 0.15) is 5.54 Å². The molecule has 6 rings (SSSR count). The van der Waals surface area contributed by atoms with Crippen LogP contribution in [0, 0.1) is 11.3 Å². The van der Waals surface area contributed by atoms with Crippen LogP contribution < -0.4 is 5.32 Å². The molecule has 0 bridgehead atoms. The Labute approximate surface area is 255 Å². The van der Waals surface area contributed by atoms with Crippen molar-refractivity contribution in [2.75, 3.05) is 18.4 Å². The molecule has 0 saturated carbocycles. The fourth-order valence-corrected chi connectivity index (χ4v) is 7.66. The number of benzene rings is 3. The van der Waals surface area contributed by atoms with Gasteiger partial charge in [-0.05, 0) is 59.4 Å². The minimum absolute atomic E-state index is 0.0236. The lowest BCUT2D eigenvalue weighted by Gasteiger charge is -2.43. The first kappa shape index (κ1) is 28.7.